The van der Waals surface area contributed by atoms with E-state index in [9.17, 15) is 0 Å². The van der Waals surface area contributed by atoms with Crippen molar-refractivity contribution in [1.82, 2.24) is 4.57 Å². The van der Waals surface area contributed by atoms with Crippen LogP contribution in [0.2, 0.25) is 0 Å². The Hall–Kier alpha value is -6.18. The fraction of sp³-hybridized carbons (Fsp3) is 0. The van der Waals surface area contributed by atoms with Gasteiger partial charge in [0.25, 0.3) is 0 Å². The molecule has 0 radical (unpaired) electrons. The van der Waals surface area contributed by atoms with E-state index in [0.717, 1.165) is 0 Å². The predicted octanol–water partition coefficient (Wildman–Crippen LogP) is 12.7. The van der Waals surface area contributed by atoms with E-state index in [1.54, 1.807) is 0 Å². The second kappa shape index (κ2) is 10.2. The van der Waals surface area contributed by atoms with E-state index in [1.165, 1.54) is 92.8 Å². The van der Waals surface area contributed by atoms with Crippen LogP contribution in [0.25, 0.3) is 92.8 Å². The molecule has 0 amide bonds. The number of hydrogen-bond donors (Lipinski definition) is 0. The molecule has 0 bridgehead atoms. The van der Waals surface area contributed by atoms with Gasteiger partial charge < -0.3 is 4.57 Å². The third-order valence-electron chi connectivity index (χ3n) is 9.96. The van der Waals surface area contributed by atoms with Crippen molar-refractivity contribution in [1.29, 1.82) is 0 Å². The first-order valence-corrected chi connectivity index (χ1v) is 16.3. The van der Waals surface area contributed by atoms with Crippen molar-refractivity contribution in [2.75, 3.05) is 0 Å². The lowest BCUT2D eigenvalue weighted by Crippen LogP contribution is -1.94. The predicted molar refractivity (Wildman–Crippen MR) is 202 cm³/mol. The zero-order chi connectivity index (χ0) is 30.9. The van der Waals surface area contributed by atoms with Crippen LogP contribution >= 0.6 is 0 Å². The molecule has 0 fully saturated rings. The summed E-state index contributed by atoms with van der Waals surface area (Å²) in [4.78, 5) is 0. The van der Waals surface area contributed by atoms with Crippen LogP contribution in [0.1, 0.15) is 0 Å². The van der Waals surface area contributed by atoms with Gasteiger partial charge in [-0.15, -0.1) is 0 Å². The number of fused-ring (bicyclic) bond motifs is 9. The summed E-state index contributed by atoms with van der Waals surface area (Å²) >= 11 is 0. The molecule has 0 spiro atoms. The molecule has 0 atom stereocenters. The smallest absolute Gasteiger partial charge is 0.0541 e. The number of hydrogen-bond acceptors (Lipinski definition) is 0. The third-order valence-corrected chi connectivity index (χ3v) is 9.96. The zero-order valence-electron chi connectivity index (χ0n) is 25.7. The topological polar surface area (TPSA) is 4.93 Å². The normalized spacial score (nSPS) is 11.8. The lowest BCUT2D eigenvalue weighted by atomic mass is 9.95. The molecule has 0 saturated carbocycles. The van der Waals surface area contributed by atoms with Gasteiger partial charge in [-0.25, -0.2) is 0 Å². The fourth-order valence-corrected chi connectivity index (χ4v) is 7.61. The quantitative estimate of drug-likeness (QED) is 0.179. The second-order valence-corrected chi connectivity index (χ2v) is 12.6. The average Bonchev–Trinajstić information content (AvgIpc) is 3.48. The van der Waals surface area contributed by atoms with Crippen LogP contribution in [0.4, 0.5) is 0 Å². The Bertz CT molecular complexity index is 2830. The van der Waals surface area contributed by atoms with Crippen molar-refractivity contribution >= 4 is 64.9 Å². The van der Waals surface area contributed by atoms with Gasteiger partial charge in [-0.3, -0.25) is 0 Å². The maximum Gasteiger partial charge on any atom is 0.0541 e. The van der Waals surface area contributed by atoms with E-state index in [0.29, 0.717) is 0 Å². The number of para-hydroxylation sites is 1. The summed E-state index contributed by atoms with van der Waals surface area (Å²) in [5.41, 5.74) is 8.53. The maximum absolute atomic E-state index is 2.41. The highest BCUT2D eigenvalue weighted by molar-refractivity contribution is 6.12. The molecule has 1 aromatic heterocycles. The highest BCUT2D eigenvalue weighted by atomic mass is 15.0. The molecule has 218 valence electrons. The Labute approximate surface area is 272 Å². The van der Waals surface area contributed by atoms with Crippen LogP contribution in [0.3, 0.4) is 0 Å². The fourth-order valence-electron chi connectivity index (χ4n) is 7.61. The molecule has 0 N–H and O–H groups in total. The minimum atomic E-state index is 1.18. The van der Waals surface area contributed by atoms with Gasteiger partial charge in [-0.05, 0) is 102 Å². The first kappa shape index (κ1) is 26.1. The van der Waals surface area contributed by atoms with Gasteiger partial charge in [0.2, 0.25) is 0 Å². The molecule has 1 heteroatoms. The molecular formula is C46H29N. The van der Waals surface area contributed by atoms with E-state index >= 15 is 0 Å². The standard InChI is InChI=1S/C46H29N/c1-3-9-39-32(7-1)20-22-37-27-38(24-25-41(37)39)47-45-12-6-5-11-42(45)44-29-36(23-26-46(44)47)31-15-13-30(14-16-31)35-21-19-34-18-17-33-8-2-4-10-40(33)43(34)28-35/h1-29H. The van der Waals surface area contributed by atoms with Crippen molar-refractivity contribution < 1.29 is 0 Å². The van der Waals surface area contributed by atoms with Crippen molar-refractivity contribution in [2.24, 2.45) is 0 Å². The number of rotatable bonds is 3. The molecule has 0 saturated heterocycles. The average molecular weight is 596 g/mol. The van der Waals surface area contributed by atoms with Crippen LogP contribution in [-0.4, -0.2) is 4.57 Å². The highest BCUT2D eigenvalue weighted by Crippen LogP contribution is 2.37. The van der Waals surface area contributed by atoms with Gasteiger partial charge in [0.1, 0.15) is 0 Å². The van der Waals surface area contributed by atoms with Crippen molar-refractivity contribution in [3.63, 3.8) is 0 Å². The summed E-state index contributed by atoms with van der Waals surface area (Å²) < 4.78 is 2.41. The van der Waals surface area contributed by atoms with Crippen LogP contribution in [-0.2, 0) is 0 Å². The molecule has 0 unspecified atom stereocenters. The Morgan fingerprint density at radius 2 is 0.723 bits per heavy atom. The third kappa shape index (κ3) is 4.10. The monoisotopic (exact) mass is 595 g/mol. The summed E-state index contributed by atoms with van der Waals surface area (Å²) in [6, 6.07) is 64.6. The zero-order valence-corrected chi connectivity index (χ0v) is 25.7. The first-order valence-electron chi connectivity index (χ1n) is 16.3. The van der Waals surface area contributed by atoms with Crippen LogP contribution in [0, 0.1) is 0 Å². The van der Waals surface area contributed by atoms with Crippen LogP contribution in [0.15, 0.2) is 176 Å². The van der Waals surface area contributed by atoms with Crippen molar-refractivity contribution in [3.8, 4) is 27.9 Å². The molecule has 0 aliphatic rings. The maximum atomic E-state index is 2.41. The largest absolute Gasteiger partial charge is 0.309 e. The summed E-state index contributed by atoms with van der Waals surface area (Å²) in [7, 11) is 0. The molecule has 9 aromatic carbocycles. The van der Waals surface area contributed by atoms with Gasteiger partial charge in [-0.2, -0.15) is 0 Å². The highest BCUT2D eigenvalue weighted by Gasteiger charge is 2.14. The lowest BCUT2D eigenvalue weighted by molar-refractivity contribution is 1.19. The SMILES string of the molecule is c1ccc2c(c1)ccc1cc(-n3c4ccccc4c4cc(-c5ccc(-c6ccc7ccc8ccccc8c7c6)cc5)ccc43)ccc12. The van der Waals surface area contributed by atoms with Gasteiger partial charge in [-0.1, -0.05) is 140 Å². The van der Waals surface area contributed by atoms with E-state index in [-0.39, 0.29) is 0 Å². The Morgan fingerprint density at radius 3 is 1.45 bits per heavy atom. The van der Waals surface area contributed by atoms with E-state index in [4.69, 9.17) is 0 Å². The van der Waals surface area contributed by atoms with Gasteiger partial charge in [0, 0.05) is 16.5 Å². The van der Waals surface area contributed by atoms with E-state index < -0.39 is 0 Å². The number of benzene rings is 9. The van der Waals surface area contributed by atoms with Gasteiger partial charge in [0.15, 0.2) is 0 Å². The first-order chi connectivity index (χ1) is 23.3. The number of aromatic nitrogens is 1. The van der Waals surface area contributed by atoms with Crippen molar-refractivity contribution in [3.05, 3.63) is 176 Å². The van der Waals surface area contributed by atoms with Gasteiger partial charge in [0.05, 0.1) is 11.0 Å². The summed E-state index contributed by atoms with van der Waals surface area (Å²) in [6.45, 7) is 0. The summed E-state index contributed by atoms with van der Waals surface area (Å²) in [6.07, 6.45) is 0. The molecule has 10 rings (SSSR count). The molecular weight excluding hydrogens is 567 g/mol. The molecule has 1 heterocycles. The van der Waals surface area contributed by atoms with Crippen LogP contribution in [0.5, 0.6) is 0 Å². The minimum absolute atomic E-state index is 1.18. The second-order valence-electron chi connectivity index (χ2n) is 12.6. The molecule has 10 aromatic rings. The van der Waals surface area contributed by atoms with E-state index in [1.807, 2.05) is 0 Å². The number of nitrogens with zero attached hydrogens (tertiary/aromatic N) is 1. The summed E-state index contributed by atoms with van der Waals surface area (Å²) in [5.74, 6) is 0. The van der Waals surface area contributed by atoms with Crippen molar-refractivity contribution in [2.45, 2.75) is 0 Å². The molecule has 47 heavy (non-hydrogen) atoms. The van der Waals surface area contributed by atoms with Crippen LogP contribution < -0.4 is 0 Å². The minimum Gasteiger partial charge on any atom is -0.309 e. The molecule has 0 aliphatic heterocycles. The Balaban J connectivity index is 1.06. The summed E-state index contributed by atoms with van der Waals surface area (Å²) in [5, 5.41) is 12.8. The van der Waals surface area contributed by atoms with E-state index in [2.05, 4.69) is 180 Å². The molecule has 0 aliphatic carbocycles. The molecule has 1 nitrogen and oxygen atoms in total. The lowest BCUT2D eigenvalue weighted by Gasteiger charge is -2.11. The Morgan fingerprint density at radius 1 is 0.255 bits per heavy atom. The Kier molecular flexibility index (Phi) is 5.64. The van der Waals surface area contributed by atoms with Gasteiger partial charge >= 0.3 is 0 Å².